The van der Waals surface area contributed by atoms with Crippen LogP contribution in [0.15, 0.2) is 22.7 Å². The first-order chi connectivity index (χ1) is 7.66. The van der Waals surface area contributed by atoms with Crippen LogP contribution in [0.3, 0.4) is 0 Å². The first-order valence-electron chi connectivity index (χ1n) is 5.00. The molecule has 0 radical (unpaired) electrons. The molecule has 1 unspecified atom stereocenters. The van der Waals surface area contributed by atoms with Gasteiger partial charge in [-0.05, 0) is 30.4 Å². The van der Waals surface area contributed by atoms with E-state index in [0.717, 1.165) is 22.4 Å². The minimum atomic E-state index is -0.0844. The Morgan fingerprint density at radius 2 is 2.38 bits per heavy atom. The molecule has 5 heteroatoms. The molecule has 1 fully saturated rings. The van der Waals surface area contributed by atoms with Gasteiger partial charge < -0.3 is 5.32 Å². The van der Waals surface area contributed by atoms with E-state index in [4.69, 9.17) is 11.6 Å². The van der Waals surface area contributed by atoms with Crippen LogP contribution in [0, 0.1) is 0 Å². The maximum atomic E-state index is 11.9. The Morgan fingerprint density at radius 1 is 1.56 bits per heavy atom. The average Bonchev–Trinajstić information content (AvgIpc) is 2.74. The molecule has 1 N–H and O–H groups in total. The van der Waals surface area contributed by atoms with E-state index in [-0.39, 0.29) is 11.9 Å². The number of halogens is 2. The molecule has 1 aliphatic heterocycles. The van der Waals surface area contributed by atoms with Crippen molar-refractivity contribution in [1.82, 2.24) is 5.32 Å². The van der Waals surface area contributed by atoms with Gasteiger partial charge in [0, 0.05) is 16.3 Å². The lowest BCUT2D eigenvalue weighted by molar-refractivity contribution is 0.0941. The molecule has 1 aromatic carbocycles. The van der Waals surface area contributed by atoms with E-state index in [1.165, 1.54) is 0 Å². The maximum absolute atomic E-state index is 11.9. The van der Waals surface area contributed by atoms with Crippen molar-refractivity contribution in [2.24, 2.45) is 0 Å². The number of benzene rings is 1. The lowest BCUT2D eigenvalue weighted by Gasteiger charge is -2.12. The van der Waals surface area contributed by atoms with E-state index in [1.54, 1.807) is 12.1 Å². The van der Waals surface area contributed by atoms with Crippen molar-refractivity contribution in [3.63, 3.8) is 0 Å². The molecule has 1 saturated heterocycles. The Balaban J connectivity index is 2.10. The van der Waals surface area contributed by atoms with Crippen molar-refractivity contribution < 1.29 is 4.79 Å². The molecule has 0 saturated carbocycles. The fourth-order valence-electron chi connectivity index (χ4n) is 1.58. The Bertz CT molecular complexity index is 407. The van der Waals surface area contributed by atoms with Gasteiger partial charge in [-0.15, -0.1) is 0 Å². The summed E-state index contributed by atoms with van der Waals surface area (Å²) >= 11 is 11.2. The van der Waals surface area contributed by atoms with Crippen LogP contribution in [-0.4, -0.2) is 23.5 Å². The minimum Gasteiger partial charge on any atom is -0.348 e. The zero-order valence-electron chi connectivity index (χ0n) is 8.50. The monoisotopic (exact) mass is 319 g/mol. The summed E-state index contributed by atoms with van der Waals surface area (Å²) in [6.07, 6.45) is 1.04. The number of carbonyl (C=O) groups is 1. The first kappa shape index (κ1) is 12.3. The first-order valence-corrected chi connectivity index (χ1v) is 7.33. The normalized spacial score (nSPS) is 19.8. The highest BCUT2D eigenvalue weighted by atomic mass is 79.9. The van der Waals surface area contributed by atoms with Gasteiger partial charge in [0.1, 0.15) is 0 Å². The molecule has 0 spiro atoms. The number of nitrogens with one attached hydrogen (secondary N) is 1. The molecule has 1 aliphatic rings. The van der Waals surface area contributed by atoms with Crippen LogP contribution in [-0.2, 0) is 0 Å². The third kappa shape index (κ3) is 2.93. The van der Waals surface area contributed by atoms with E-state index in [0.29, 0.717) is 10.6 Å². The van der Waals surface area contributed by atoms with Crippen LogP contribution in [0.4, 0.5) is 0 Å². The minimum absolute atomic E-state index is 0.0844. The van der Waals surface area contributed by atoms with Gasteiger partial charge in [0.05, 0.1) is 10.6 Å². The molecule has 86 valence electrons. The summed E-state index contributed by atoms with van der Waals surface area (Å²) in [5.41, 5.74) is 0.535. The molecule has 2 nitrogen and oxygen atoms in total. The molecule has 16 heavy (non-hydrogen) atoms. The molecule has 0 aliphatic carbocycles. The van der Waals surface area contributed by atoms with Gasteiger partial charge in [-0.1, -0.05) is 27.5 Å². The molecule has 0 bridgehead atoms. The third-order valence-corrected chi connectivity index (χ3v) is 4.42. The summed E-state index contributed by atoms with van der Waals surface area (Å²) in [7, 11) is 0. The summed E-state index contributed by atoms with van der Waals surface area (Å²) in [6.45, 7) is 0. The van der Waals surface area contributed by atoms with Crippen LogP contribution in [0.1, 0.15) is 16.8 Å². The van der Waals surface area contributed by atoms with E-state index in [2.05, 4.69) is 21.2 Å². The van der Waals surface area contributed by atoms with E-state index in [1.807, 2.05) is 17.8 Å². The van der Waals surface area contributed by atoms with Crippen LogP contribution in [0.25, 0.3) is 0 Å². The van der Waals surface area contributed by atoms with Crippen molar-refractivity contribution >= 4 is 45.2 Å². The van der Waals surface area contributed by atoms with Gasteiger partial charge in [-0.3, -0.25) is 4.79 Å². The van der Waals surface area contributed by atoms with Gasteiger partial charge in [-0.25, -0.2) is 0 Å². The highest BCUT2D eigenvalue weighted by Gasteiger charge is 2.19. The summed E-state index contributed by atoms with van der Waals surface area (Å²) in [5, 5.41) is 3.49. The number of hydrogen-bond acceptors (Lipinski definition) is 2. The molecule has 1 aromatic rings. The van der Waals surface area contributed by atoms with Crippen molar-refractivity contribution in [1.29, 1.82) is 0 Å². The second-order valence-electron chi connectivity index (χ2n) is 3.66. The fraction of sp³-hybridized carbons (Fsp3) is 0.364. The summed E-state index contributed by atoms with van der Waals surface area (Å²) < 4.78 is 0.864. The maximum Gasteiger partial charge on any atom is 0.253 e. The van der Waals surface area contributed by atoms with Crippen molar-refractivity contribution in [3.05, 3.63) is 33.3 Å². The Kier molecular flexibility index (Phi) is 4.16. The van der Waals surface area contributed by atoms with Gasteiger partial charge in [-0.2, -0.15) is 11.8 Å². The average molecular weight is 321 g/mol. The van der Waals surface area contributed by atoms with Gasteiger partial charge in [0.25, 0.3) is 5.91 Å². The number of hydrogen-bond donors (Lipinski definition) is 1. The Morgan fingerprint density at radius 3 is 3.06 bits per heavy atom. The number of carbonyl (C=O) groups excluding carboxylic acids is 1. The predicted octanol–water partition coefficient (Wildman–Crippen LogP) is 3.34. The summed E-state index contributed by atoms with van der Waals surface area (Å²) in [4.78, 5) is 11.9. The molecule has 1 heterocycles. The van der Waals surface area contributed by atoms with Gasteiger partial charge >= 0.3 is 0 Å². The predicted molar refractivity (Wildman–Crippen MR) is 72.3 cm³/mol. The largest absolute Gasteiger partial charge is 0.348 e. The fourth-order valence-corrected chi connectivity index (χ4v) is 3.30. The topological polar surface area (TPSA) is 29.1 Å². The standard InChI is InChI=1S/C11H11BrClNOS/c12-7-1-2-10(13)9(5-7)11(15)14-8-3-4-16-6-8/h1-2,5,8H,3-4,6H2,(H,14,15). The quantitative estimate of drug-likeness (QED) is 0.905. The third-order valence-electron chi connectivity index (χ3n) is 2.44. The molecule has 0 aromatic heterocycles. The van der Waals surface area contributed by atoms with Crippen LogP contribution in [0.2, 0.25) is 5.02 Å². The van der Waals surface area contributed by atoms with Gasteiger partial charge in [0.2, 0.25) is 0 Å². The highest BCUT2D eigenvalue weighted by molar-refractivity contribution is 9.10. The van der Waals surface area contributed by atoms with Crippen molar-refractivity contribution in [2.75, 3.05) is 11.5 Å². The Labute approximate surface area is 112 Å². The molecule has 1 atom stereocenters. The Hall–Kier alpha value is -0.190. The SMILES string of the molecule is O=C(NC1CCSC1)c1cc(Br)ccc1Cl. The zero-order chi connectivity index (χ0) is 11.5. The lowest BCUT2D eigenvalue weighted by Crippen LogP contribution is -2.34. The molecular formula is C11H11BrClNOS. The van der Waals surface area contributed by atoms with Crippen molar-refractivity contribution in [2.45, 2.75) is 12.5 Å². The lowest BCUT2D eigenvalue weighted by atomic mass is 10.2. The van der Waals surface area contributed by atoms with Crippen molar-refractivity contribution in [3.8, 4) is 0 Å². The number of rotatable bonds is 2. The molecule has 2 rings (SSSR count). The van der Waals surface area contributed by atoms with E-state index < -0.39 is 0 Å². The number of amides is 1. The van der Waals surface area contributed by atoms with E-state index >= 15 is 0 Å². The molecule has 1 amide bonds. The highest BCUT2D eigenvalue weighted by Crippen LogP contribution is 2.22. The van der Waals surface area contributed by atoms with E-state index in [9.17, 15) is 4.79 Å². The van der Waals surface area contributed by atoms with Crippen LogP contribution >= 0.6 is 39.3 Å². The van der Waals surface area contributed by atoms with Crippen LogP contribution < -0.4 is 5.32 Å². The van der Waals surface area contributed by atoms with Crippen LogP contribution in [0.5, 0.6) is 0 Å². The number of thioether (sulfide) groups is 1. The second kappa shape index (κ2) is 5.43. The summed E-state index contributed by atoms with van der Waals surface area (Å²) in [5.74, 6) is 2.04. The molecular weight excluding hydrogens is 310 g/mol. The smallest absolute Gasteiger partial charge is 0.253 e. The zero-order valence-corrected chi connectivity index (χ0v) is 11.7. The summed E-state index contributed by atoms with van der Waals surface area (Å²) in [6, 6.07) is 5.58. The second-order valence-corrected chi connectivity index (χ2v) is 6.13. The van der Waals surface area contributed by atoms with Gasteiger partial charge in [0.15, 0.2) is 0 Å².